The average molecular weight is 352 g/mol. The maximum atomic E-state index is 14.5. The highest BCUT2D eigenvalue weighted by Crippen LogP contribution is 2.33. The summed E-state index contributed by atoms with van der Waals surface area (Å²) in [6.45, 7) is 5.37. The molecule has 1 N–H and O–H groups in total. The van der Waals surface area contributed by atoms with Crippen LogP contribution in [-0.2, 0) is 11.3 Å². The van der Waals surface area contributed by atoms with E-state index in [1.807, 2.05) is 0 Å². The van der Waals surface area contributed by atoms with E-state index in [1.54, 1.807) is 26.8 Å². The van der Waals surface area contributed by atoms with Gasteiger partial charge in [0, 0.05) is 24.7 Å². The van der Waals surface area contributed by atoms with Crippen LogP contribution in [0.3, 0.4) is 0 Å². The number of benzene rings is 1. The van der Waals surface area contributed by atoms with Crippen LogP contribution in [-0.4, -0.2) is 39.7 Å². The molecule has 136 valence electrons. The van der Waals surface area contributed by atoms with E-state index in [9.17, 15) is 24.4 Å². The minimum atomic E-state index is -0.964. The van der Waals surface area contributed by atoms with Gasteiger partial charge in [0.15, 0.2) is 0 Å². The number of rotatable bonds is 3. The number of aliphatic hydroxyl groups is 1. The van der Waals surface area contributed by atoms with Crippen LogP contribution < -0.4 is 0 Å². The van der Waals surface area contributed by atoms with Crippen molar-refractivity contribution in [1.29, 1.82) is 0 Å². The Morgan fingerprint density at radius 1 is 1.44 bits per heavy atom. The molecular formula is C17H21FN2O5. The average Bonchev–Trinajstić information content (AvgIpc) is 2.52. The molecular weight excluding hydrogens is 331 g/mol. The number of nitro groups is 1. The van der Waals surface area contributed by atoms with Crippen LogP contribution in [0.2, 0.25) is 0 Å². The molecule has 0 aromatic heterocycles. The normalized spacial score (nSPS) is 14.9. The SMILES string of the molecule is CC(C)(C)OC(=O)N1CC=C(c2c(CO)ccc([N+](=O)[O-])c2F)CC1. The van der Waals surface area contributed by atoms with E-state index in [0.717, 1.165) is 6.07 Å². The van der Waals surface area contributed by atoms with Crippen molar-refractivity contribution in [2.24, 2.45) is 0 Å². The molecule has 2 rings (SSSR count). The van der Waals surface area contributed by atoms with Gasteiger partial charge in [0.25, 0.3) is 0 Å². The molecule has 0 radical (unpaired) electrons. The summed E-state index contributed by atoms with van der Waals surface area (Å²) < 4.78 is 19.8. The van der Waals surface area contributed by atoms with E-state index in [0.29, 0.717) is 18.5 Å². The molecule has 1 amide bonds. The Bertz CT molecular complexity index is 724. The first-order valence-corrected chi connectivity index (χ1v) is 7.88. The fourth-order valence-corrected chi connectivity index (χ4v) is 2.61. The van der Waals surface area contributed by atoms with E-state index in [1.165, 1.54) is 11.0 Å². The van der Waals surface area contributed by atoms with Gasteiger partial charge in [0.2, 0.25) is 5.82 Å². The maximum Gasteiger partial charge on any atom is 0.410 e. The Kier molecular flexibility index (Phi) is 5.42. The first kappa shape index (κ1) is 18.9. The highest BCUT2D eigenvalue weighted by Gasteiger charge is 2.27. The maximum absolute atomic E-state index is 14.5. The Morgan fingerprint density at radius 2 is 2.12 bits per heavy atom. The molecule has 0 aliphatic carbocycles. The van der Waals surface area contributed by atoms with Crippen LogP contribution in [0.5, 0.6) is 0 Å². The summed E-state index contributed by atoms with van der Waals surface area (Å²) in [6, 6.07) is 2.39. The van der Waals surface area contributed by atoms with Gasteiger partial charge in [-0.1, -0.05) is 6.08 Å². The van der Waals surface area contributed by atoms with Crippen molar-refractivity contribution >= 4 is 17.4 Å². The molecule has 1 aromatic carbocycles. The van der Waals surface area contributed by atoms with Crippen molar-refractivity contribution in [2.45, 2.75) is 39.4 Å². The monoisotopic (exact) mass is 352 g/mol. The minimum absolute atomic E-state index is 0.0422. The zero-order valence-electron chi connectivity index (χ0n) is 14.4. The number of amides is 1. The molecule has 1 aliphatic heterocycles. The third-order valence-electron chi connectivity index (χ3n) is 3.76. The van der Waals surface area contributed by atoms with Gasteiger partial charge in [-0.3, -0.25) is 10.1 Å². The second kappa shape index (κ2) is 7.18. The topological polar surface area (TPSA) is 92.9 Å². The highest BCUT2D eigenvalue weighted by atomic mass is 19.1. The van der Waals surface area contributed by atoms with Crippen LogP contribution in [0.4, 0.5) is 14.9 Å². The number of nitro benzene ring substituents is 1. The van der Waals surface area contributed by atoms with Crippen molar-refractivity contribution in [1.82, 2.24) is 4.90 Å². The van der Waals surface area contributed by atoms with Gasteiger partial charge in [0.1, 0.15) is 5.60 Å². The first-order chi connectivity index (χ1) is 11.6. The molecule has 1 aliphatic rings. The van der Waals surface area contributed by atoms with Crippen molar-refractivity contribution in [2.75, 3.05) is 13.1 Å². The summed E-state index contributed by atoms with van der Waals surface area (Å²) in [5, 5.41) is 20.4. The number of nitrogens with zero attached hydrogens (tertiary/aromatic N) is 2. The number of carbonyl (C=O) groups excluding carboxylic acids is 1. The molecule has 0 atom stereocenters. The predicted octanol–water partition coefficient (Wildman–Crippen LogP) is 3.25. The Hall–Kier alpha value is -2.48. The molecule has 7 nitrogen and oxygen atoms in total. The summed E-state index contributed by atoms with van der Waals surface area (Å²) in [6.07, 6.45) is 1.48. The molecule has 1 heterocycles. The fourth-order valence-electron chi connectivity index (χ4n) is 2.61. The number of hydrogen-bond donors (Lipinski definition) is 1. The summed E-state index contributed by atoms with van der Waals surface area (Å²) in [4.78, 5) is 23.7. The minimum Gasteiger partial charge on any atom is -0.444 e. The van der Waals surface area contributed by atoms with Crippen molar-refractivity contribution in [3.63, 3.8) is 0 Å². The number of carbonyl (C=O) groups is 1. The second-order valence-electron chi connectivity index (χ2n) is 6.75. The molecule has 1 aromatic rings. The van der Waals surface area contributed by atoms with Crippen molar-refractivity contribution in [3.8, 4) is 0 Å². The van der Waals surface area contributed by atoms with Crippen LogP contribution in [0.1, 0.15) is 38.3 Å². The van der Waals surface area contributed by atoms with Gasteiger partial charge in [-0.05, 0) is 44.4 Å². The molecule has 0 saturated carbocycles. The van der Waals surface area contributed by atoms with E-state index >= 15 is 0 Å². The number of aliphatic hydroxyl groups excluding tert-OH is 1. The first-order valence-electron chi connectivity index (χ1n) is 7.88. The van der Waals surface area contributed by atoms with E-state index in [-0.39, 0.29) is 17.7 Å². The van der Waals surface area contributed by atoms with Crippen LogP contribution in [0, 0.1) is 15.9 Å². The van der Waals surface area contributed by atoms with Gasteiger partial charge in [0.05, 0.1) is 11.5 Å². The lowest BCUT2D eigenvalue weighted by molar-refractivity contribution is -0.387. The lowest BCUT2D eigenvalue weighted by Crippen LogP contribution is -2.39. The molecule has 8 heteroatoms. The number of halogens is 1. The van der Waals surface area contributed by atoms with Gasteiger partial charge in [-0.25, -0.2) is 4.79 Å². The second-order valence-corrected chi connectivity index (χ2v) is 6.75. The molecule has 0 fully saturated rings. The lowest BCUT2D eigenvalue weighted by atomic mass is 9.94. The van der Waals surface area contributed by atoms with Gasteiger partial charge < -0.3 is 14.7 Å². The summed E-state index contributed by atoms with van der Waals surface area (Å²) in [5.41, 5.74) is -0.398. The van der Waals surface area contributed by atoms with Gasteiger partial charge in [-0.15, -0.1) is 0 Å². The molecule has 0 saturated heterocycles. The third kappa shape index (κ3) is 4.33. The molecule has 0 spiro atoms. The summed E-state index contributed by atoms with van der Waals surface area (Å²) in [5.74, 6) is -0.964. The predicted molar refractivity (Wildman–Crippen MR) is 89.4 cm³/mol. The van der Waals surface area contributed by atoms with E-state index < -0.39 is 34.7 Å². The Morgan fingerprint density at radius 3 is 2.60 bits per heavy atom. The zero-order valence-corrected chi connectivity index (χ0v) is 14.4. The smallest absolute Gasteiger partial charge is 0.410 e. The van der Waals surface area contributed by atoms with E-state index in [2.05, 4.69) is 0 Å². The van der Waals surface area contributed by atoms with Crippen LogP contribution in [0.15, 0.2) is 18.2 Å². The highest BCUT2D eigenvalue weighted by molar-refractivity contribution is 5.75. The largest absolute Gasteiger partial charge is 0.444 e. The van der Waals surface area contributed by atoms with Crippen LogP contribution in [0.25, 0.3) is 5.57 Å². The summed E-state index contributed by atoms with van der Waals surface area (Å²) in [7, 11) is 0. The fraction of sp³-hybridized carbons (Fsp3) is 0.471. The van der Waals surface area contributed by atoms with Crippen LogP contribution >= 0.6 is 0 Å². The zero-order chi connectivity index (χ0) is 18.8. The van der Waals surface area contributed by atoms with Gasteiger partial charge >= 0.3 is 11.8 Å². The molecule has 25 heavy (non-hydrogen) atoms. The quantitative estimate of drug-likeness (QED) is 0.666. The van der Waals surface area contributed by atoms with Gasteiger partial charge in [-0.2, -0.15) is 4.39 Å². The van der Waals surface area contributed by atoms with Crippen molar-refractivity contribution in [3.05, 3.63) is 45.3 Å². The third-order valence-corrected chi connectivity index (χ3v) is 3.76. The van der Waals surface area contributed by atoms with Crippen molar-refractivity contribution < 1.29 is 24.0 Å². The summed E-state index contributed by atoms with van der Waals surface area (Å²) >= 11 is 0. The van der Waals surface area contributed by atoms with E-state index in [4.69, 9.17) is 4.74 Å². The standard InChI is InChI=1S/C17H21FN2O5/c1-17(2,3)25-16(22)19-8-6-11(7-9-19)14-12(10-21)4-5-13(15(14)18)20(23)24/h4-6,21H,7-10H2,1-3H3. The molecule has 0 bridgehead atoms. The molecule has 0 unspecified atom stereocenters. The Labute approximate surface area is 144 Å². The Balaban J connectivity index is 2.28. The number of ether oxygens (including phenoxy) is 1. The number of hydrogen-bond acceptors (Lipinski definition) is 5. The lowest BCUT2D eigenvalue weighted by Gasteiger charge is -2.30.